The van der Waals surface area contributed by atoms with Crippen LogP contribution in [0.4, 0.5) is 24.7 Å². The van der Waals surface area contributed by atoms with Gasteiger partial charge in [-0.05, 0) is 18.2 Å². The van der Waals surface area contributed by atoms with Crippen molar-refractivity contribution in [1.82, 2.24) is 29.5 Å². The summed E-state index contributed by atoms with van der Waals surface area (Å²) in [6, 6.07) is 6.42. The van der Waals surface area contributed by atoms with Gasteiger partial charge in [-0.15, -0.1) is 0 Å². The lowest BCUT2D eigenvalue weighted by Crippen LogP contribution is -2.28. The molecular formula is C23H21ClF3N9O2. The molecule has 0 aliphatic heterocycles. The molecule has 0 bridgehead atoms. The Bertz CT molecular complexity index is 1490. The number of nitriles is 1. The van der Waals surface area contributed by atoms with Gasteiger partial charge in [-0.3, -0.25) is 13.9 Å². The minimum Gasteiger partial charge on any atom is -0.378 e. The van der Waals surface area contributed by atoms with Gasteiger partial charge in [0, 0.05) is 37.4 Å². The monoisotopic (exact) mass is 547 g/mol. The Morgan fingerprint density at radius 2 is 2.08 bits per heavy atom. The van der Waals surface area contributed by atoms with Crippen molar-refractivity contribution in [2.75, 3.05) is 31.6 Å². The number of nitrogens with zero attached hydrogens (tertiary/aromatic N) is 6. The second-order valence-corrected chi connectivity index (χ2v) is 8.24. The van der Waals surface area contributed by atoms with Crippen LogP contribution in [0.15, 0.2) is 43.0 Å². The molecule has 0 spiro atoms. The number of nitrogens with one attached hydrogen (secondary N) is 2. The van der Waals surface area contributed by atoms with E-state index < -0.39 is 11.9 Å². The molecule has 198 valence electrons. The lowest BCUT2D eigenvalue weighted by molar-refractivity contribution is -0.141. The number of ether oxygens (including phenoxy) is 1. The lowest BCUT2D eigenvalue weighted by atomic mass is 10.2. The molecule has 0 saturated carbocycles. The molecule has 11 nitrogen and oxygen atoms in total. The van der Waals surface area contributed by atoms with Gasteiger partial charge in [0.1, 0.15) is 6.54 Å². The van der Waals surface area contributed by atoms with E-state index in [4.69, 9.17) is 27.3 Å². The number of nitrogens with two attached hydrogens (primary N) is 1. The number of rotatable bonds is 10. The second-order valence-electron chi connectivity index (χ2n) is 7.83. The molecule has 38 heavy (non-hydrogen) atoms. The fraction of sp³-hybridized carbons (Fsp3) is 0.261. The highest BCUT2D eigenvalue weighted by Crippen LogP contribution is 2.37. The number of carbonyl (C=O) groups excluding carboxylic acids is 1. The predicted molar refractivity (Wildman–Crippen MR) is 132 cm³/mol. The zero-order valence-electron chi connectivity index (χ0n) is 19.7. The zero-order chi connectivity index (χ0) is 27.3. The number of alkyl halides is 3. The van der Waals surface area contributed by atoms with Gasteiger partial charge in [-0.1, -0.05) is 11.6 Å². The van der Waals surface area contributed by atoms with Gasteiger partial charge >= 0.3 is 6.18 Å². The van der Waals surface area contributed by atoms with Crippen LogP contribution in [0, 0.1) is 11.3 Å². The summed E-state index contributed by atoms with van der Waals surface area (Å²) in [4.78, 5) is 20.9. The largest absolute Gasteiger partial charge is 0.435 e. The third kappa shape index (κ3) is 5.86. The third-order valence-corrected chi connectivity index (χ3v) is 5.55. The second kappa shape index (κ2) is 11.5. The van der Waals surface area contributed by atoms with Crippen LogP contribution >= 0.6 is 11.6 Å². The summed E-state index contributed by atoms with van der Waals surface area (Å²) in [5.74, 6) is -0.143. The number of hydrogen-bond acceptors (Lipinski definition) is 8. The van der Waals surface area contributed by atoms with Crippen LogP contribution in [-0.2, 0) is 17.5 Å². The summed E-state index contributed by atoms with van der Waals surface area (Å²) in [5, 5.41) is 18.3. The molecule has 4 rings (SSSR count). The Hall–Kier alpha value is -4.19. The molecule has 15 heteroatoms. The van der Waals surface area contributed by atoms with Gasteiger partial charge in [0.15, 0.2) is 17.2 Å². The van der Waals surface area contributed by atoms with Gasteiger partial charge in [-0.2, -0.15) is 23.5 Å². The van der Waals surface area contributed by atoms with E-state index in [-0.39, 0.29) is 52.3 Å². The molecule has 0 saturated heterocycles. The fourth-order valence-electron chi connectivity index (χ4n) is 3.61. The highest BCUT2D eigenvalue weighted by atomic mass is 35.5. The van der Waals surface area contributed by atoms with Crippen molar-refractivity contribution in [2.24, 2.45) is 5.73 Å². The first-order chi connectivity index (χ1) is 18.2. The van der Waals surface area contributed by atoms with E-state index in [1.807, 2.05) is 0 Å². The third-order valence-electron chi connectivity index (χ3n) is 5.24. The van der Waals surface area contributed by atoms with Crippen LogP contribution in [0.5, 0.6) is 0 Å². The first kappa shape index (κ1) is 26.9. The maximum absolute atomic E-state index is 13.6. The Kier molecular flexibility index (Phi) is 8.10. The molecule has 1 aromatic carbocycles. The molecule has 4 N–H and O–H groups in total. The summed E-state index contributed by atoms with van der Waals surface area (Å²) in [6.45, 7) is 1.04. The Balaban J connectivity index is 1.58. The van der Waals surface area contributed by atoms with Crippen molar-refractivity contribution in [3.63, 3.8) is 0 Å². The highest BCUT2D eigenvalue weighted by Gasteiger charge is 2.38. The van der Waals surface area contributed by atoms with Gasteiger partial charge < -0.3 is 21.1 Å². The van der Waals surface area contributed by atoms with Crippen molar-refractivity contribution in [3.05, 3.63) is 59.3 Å². The van der Waals surface area contributed by atoms with Crippen LogP contribution in [0.1, 0.15) is 16.1 Å². The zero-order valence-corrected chi connectivity index (χ0v) is 20.4. The maximum atomic E-state index is 13.6. The minimum atomic E-state index is -4.74. The first-order valence-corrected chi connectivity index (χ1v) is 11.6. The van der Waals surface area contributed by atoms with Crippen LogP contribution in [0.3, 0.4) is 0 Å². The van der Waals surface area contributed by atoms with Gasteiger partial charge in [-0.25, -0.2) is 9.97 Å². The number of imidazole rings is 1. The number of carbonyl (C=O) groups is 1. The van der Waals surface area contributed by atoms with Gasteiger partial charge in [0.25, 0.3) is 5.91 Å². The first-order valence-electron chi connectivity index (χ1n) is 11.2. The molecule has 0 fully saturated rings. The summed E-state index contributed by atoms with van der Waals surface area (Å²) in [7, 11) is 0. The van der Waals surface area contributed by atoms with Gasteiger partial charge in [0.05, 0.1) is 47.3 Å². The average Bonchev–Trinajstić information content (AvgIpc) is 3.49. The van der Waals surface area contributed by atoms with E-state index in [0.717, 1.165) is 10.9 Å². The average molecular weight is 548 g/mol. The van der Waals surface area contributed by atoms with Crippen LogP contribution in [0.25, 0.3) is 16.9 Å². The summed E-state index contributed by atoms with van der Waals surface area (Å²) in [6.07, 6.45) is 0.530. The smallest absolute Gasteiger partial charge is 0.378 e. The number of aromatic nitrogens is 5. The SMILES string of the molecule is N#CCn1cc(-c2cnc3c(Nc4ccc(C(=O)NCCOCCN)c(Cl)c4)nccn23)c(C(F)(F)F)n1. The van der Waals surface area contributed by atoms with E-state index in [1.54, 1.807) is 12.1 Å². The van der Waals surface area contributed by atoms with Crippen molar-refractivity contribution < 1.29 is 22.7 Å². The molecule has 4 aromatic rings. The summed E-state index contributed by atoms with van der Waals surface area (Å²) >= 11 is 6.31. The molecular weight excluding hydrogens is 527 g/mol. The van der Waals surface area contributed by atoms with Crippen molar-refractivity contribution in [3.8, 4) is 17.3 Å². The fourth-order valence-corrected chi connectivity index (χ4v) is 3.88. The Morgan fingerprint density at radius 1 is 1.26 bits per heavy atom. The molecule has 0 aliphatic rings. The number of fused-ring (bicyclic) bond motifs is 1. The minimum absolute atomic E-state index is 0.113. The lowest BCUT2D eigenvalue weighted by Gasteiger charge is -2.11. The van der Waals surface area contributed by atoms with Crippen molar-refractivity contribution >= 4 is 34.7 Å². The molecule has 3 aromatic heterocycles. The molecule has 0 radical (unpaired) electrons. The van der Waals surface area contributed by atoms with Crippen LogP contribution in [0.2, 0.25) is 5.02 Å². The predicted octanol–water partition coefficient (Wildman–Crippen LogP) is 3.24. The topological polar surface area (TPSA) is 148 Å². The van der Waals surface area contributed by atoms with E-state index in [2.05, 4.69) is 25.7 Å². The molecule has 0 aliphatic carbocycles. The quantitative estimate of drug-likeness (QED) is 0.256. The van der Waals surface area contributed by atoms with E-state index in [1.165, 1.54) is 35.1 Å². The highest BCUT2D eigenvalue weighted by molar-refractivity contribution is 6.34. The van der Waals surface area contributed by atoms with Crippen LogP contribution < -0.4 is 16.4 Å². The standard InChI is InChI=1S/C23H21ClF3N9O2/c24-17-11-14(1-2-15(17)22(37)31-6-10-38-9-4-29)33-20-21-32-12-18(36(21)8-5-30-20)16-13-35(7-3-28)34-19(16)23(25,26)27/h1-2,5,8,11-13H,4,6-7,9-10,29H2,(H,30,33)(H,31,37). The maximum Gasteiger partial charge on any atom is 0.435 e. The van der Waals surface area contributed by atoms with E-state index in [0.29, 0.717) is 25.4 Å². The Morgan fingerprint density at radius 3 is 2.79 bits per heavy atom. The number of benzene rings is 1. The van der Waals surface area contributed by atoms with Gasteiger partial charge in [0.2, 0.25) is 0 Å². The number of halogens is 4. The van der Waals surface area contributed by atoms with E-state index in [9.17, 15) is 18.0 Å². The number of amides is 1. The van der Waals surface area contributed by atoms with E-state index >= 15 is 0 Å². The summed E-state index contributed by atoms with van der Waals surface area (Å²) in [5.41, 5.74) is 5.05. The van der Waals surface area contributed by atoms with Crippen LogP contribution in [-0.4, -0.2) is 56.4 Å². The molecule has 0 unspecified atom stereocenters. The van der Waals surface area contributed by atoms with Crippen molar-refractivity contribution in [1.29, 1.82) is 5.26 Å². The summed E-state index contributed by atoms with van der Waals surface area (Å²) < 4.78 is 48.5. The number of anilines is 2. The molecule has 3 heterocycles. The Labute approximate surface area is 219 Å². The molecule has 0 atom stereocenters. The molecule has 1 amide bonds. The normalized spacial score (nSPS) is 11.5. The number of hydrogen-bond donors (Lipinski definition) is 3. The van der Waals surface area contributed by atoms with Crippen molar-refractivity contribution in [2.45, 2.75) is 12.7 Å².